The summed E-state index contributed by atoms with van der Waals surface area (Å²) in [5.41, 5.74) is 13.5. The number of fused-ring (bicyclic) bond motifs is 3. The van der Waals surface area contributed by atoms with Gasteiger partial charge in [-0.25, -0.2) is 19.7 Å². The molecule has 2 aliphatic rings. The number of allylic oxidation sites excluding steroid dienone is 4. The summed E-state index contributed by atoms with van der Waals surface area (Å²) in [5.74, 6) is 1.39. The van der Waals surface area contributed by atoms with Crippen LogP contribution in [0, 0.1) is 13.1 Å². The Bertz CT molecular complexity index is 3050. The van der Waals surface area contributed by atoms with Gasteiger partial charge >= 0.3 is 0 Å². The van der Waals surface area contributed by atoms with Crippen LogP contribution >= 0.6 is 0 Å². The zero-order valence-electron chi connectivity index (χ0n) is 32.0. The van der Waals surface area contributed by atoms with Gasteiger partial charge in [0.2, 0.25) is 0 Å². The van der Waals surface area contributed by atoms with Gasteiger partial charge in [0.15, 0.2) is 17.2 Å². The highest BCUT2D eigenvalue weighted by molar-refractivity contribution is 6.15. The molecule has 1 N–H and O–H groups in total. The van der Waals surface area contributed by atoms with Gasteiger partial charge in [0.25, 0.3) is 0 Å². The molecule has 0 amide bonds. The average molecular weight is 757 g/mol. The van der Waals surface area contributed by atoms with Crippen molar-refractivity contribution in [3.8, 4) is 27.9 Å². The van der Waals surface area contributed by atoms with E-state index in [1.165, 1.54) is 0 Å². The van der Waals surface area contributed by atoms with E-state index in [1.807, 2.05) is 66.7 Å². The molecule has 6 nitrogen and oxygen atoms in total. The van der Waals surface area contributed by atoms with Crippen LogP contribution in [0.1, 0.15) is 41.3 Å². The first-order valence-corrected chi connectivity index (χ1v) is 19.7. The monoisotopic (exact) mass is 756 g/mol. The molecular formula is C53H36N6. The smallest absolute Gasteiger partial charge is 0.188 e. The normalized spacial score (nSPS) is 14.8. The molecule has 0 bridgehead atoms. The van der Waals surface area contributed by atoms with E-state index in [2.05, 4.69) is 135 Å². The molecule has 6 heteroatoms. The van der Waals surface area contributed by atoms with Crippen LogP contribution in [0.5, 0.6) is 0 Å². The van der Waals surface area contributed by atoms with Crippen LogP contribution in [0.4, 0.5) is 11.4 Å². The lowest BCUT2D eigenvalue weighted by Gasteiger charge is -2.26. The summed E-state index contributed by atoms with van der Waals surface area (Å²) in [5, 5.41) is 5.60. The second-order valence-corrected chi connectivity index (χ2v) is 14.7. The summed E-state index contributed by atoms with van der Waals surface area (Å²) >= 11 is 0. The number of amidine groups is 2. The fourth-order valence-electron chi connectivity index (χ4n) is 8.24. The maximum Gasteiger partial charge on any atom is 0.188 e. The highest BCUT2D eigenvalue weighted by Crippen LogP contribution is 2.43. The van der Waals surface area contributed by atoms with Crippen molar-refractivity contribution in [3.05, 3.63) is 227 Å². The molecule has 8 aromatic rings. The lowest BCUT2D eigenvalue weighted by Crippen LogP contribution is -2.33. The molecule has 278 valence electrons. The number of hydrogen-bond donors (Lipinski definition) is 1. The fraction of sp³-hybridized carbons (Fsp3) is 0.0566. The first-order valence-electron chi connectivity index (χ1n) is 19.7. The third kappa shape index (κ3) is 6.59. The second-order valence-electron chi connectivity index (χ2n) is 14.7. The van der Waals surface area contributed by atoms with E-state index in [1.54, 1.807) is 0 Å². The molecule has 7 aromatic carbocycles. The van der Waals surface area contributed by atoms with Crippen LogP contribution < -0.4 is 5.32 Å². The van der Waals surface area contributed by atoms with Crippen LogP contribution in [0.15, 0.2) is 192 Å². The van der Waals surface area contributed by atoms with Crippen LogP contribution in [0.25, 0.3) is 65.0 Å². The minimum atomic E-state index is -0.366. The van der Waals surface area contributed by atoms with Gasteiger partial charge in [0.05, 0.1) is 29.9 Å². The van der Waals surface area contributed by atoms with E-state index >= 15 is 0 Å². The van der Waals surface area contributed by atoms with E-state index in [0.29, 0.717) is 17.2 Å². The molecule has 2 heterocycles. The summed E-state index contributed by atoms with van der Waals surface area (Å²) in [6.45, 7) is 15.6. The van der Waals surface area contributed by atoms with E-state index in [9.17, 15) is 0 Å². The van der Waals surface area contributed by atoms with Crippen molar-refractivity contribution >= 4 is 50.4 Å². The Balaban J connectivity index is 1.23. The van der Waals surface area contributed by atoms with Gasteiger partial charge in [0.1, 0.15) is 12.0 Å². The number of aromatic nitrogens is 1. The number of rotatable bonds is 7. The zero-order valence-corrected chi connectivity index (χ0v) is 32.0. The van der Waals surface area contributed by atoms with Gasteiger partial charge in [-0.3, -0.25) is 0 Å². The van der Waals surface area contributed by atoms with Crippen molar-refractivity contribution in [1.29, 1.82) is 0 Å². The van der Waals surface area contributed by atoms with E-state index in [4.69, 9.17) is 23.1 Å². The topological polar surface area (TPSA) is 50.4 Å². The van der Waals surface area contributed by atoms with Crippen molar-refractivity contribution in [3.63, 3.8) is 0 Å². The van der Waals surface area contributed by atoms with Crippen LogP contribution in [0.3, 0.4) is 0 Å². The maximum absolute atomic E-state index is 7.82. The SMILES string of the molecule is [C-]#[N+]c1ccc2c(c1)c1cc([N+]#[C-])ccc1n2-c1c(C2=CCCC=C2)cc(C2=NC(c3ccc(-c4ccccc4)cc3)=N[C@@H](c3ccccc3)N2)cc1-c1ccccc1. The number of hydrogen-bond acceptors (Lipinski definition) is 3. The van der Waals surface area contributed by atoms with E-state index in [-0.39, 0.29) is 6.17 Å². The Morgan fingerprint density at radius 3 is 1.75 bits per heavy atom. The first kappa shape index (κ1) is 35.4. The van der Waals surface area contributed by atoms with Gasteiger partial charge in [-0.2, -0.15) is 0 Å². The summed E-state index contributed by atoms with van der Waals surface area (Å²) < 4.78 is 2.32. The number of nitrogens with one attached hydrogen (secondary N) is 1. The quantitative estimate of drug-likeness (QED) is 0.162. The van der Waals surface area contributed by atoms with Crippen molar-refractivity contribution in [1.82, 2.24) is 9.88 Å². The molecular weight excluding hydrogens is 721 g/mol. The molecule has 0 spiro atoms. The lowest BCUT2D eigenvalue weighted by molar-refractivity contribution is 0.674. The van der Waals surface area contributed by atoms with E-state index in [0.717, 1.165) is 96.3 Å². The Morgan fingerprint density at radius 2 is 1.14 bits per heavy atom. The molecule has 59 heavy (non-hydrogen) atoms. The Hall–Kier alpha value is -8.06. The van der Waals surface area contributed by atoms with Crippen molar-refractivity contribution in [2.24, 2.45) is 9.98 Å². The summed E-state index contributed by atoms with van der Waals surface area (Å²) in [6, 6.07) is 56.0. The Morgan fingerprint density at radius 1 is 0.559 bits per heavy atom. The van der Waals surface area contributed by atoms with Gasteiger partial charge in [-0.15, -0.1) is 0 Å². The standard InChI is InChI=1S/C53H36N6/c1-54-42-27-29-48-46(33-42)47-34-43(55-2)28-30-49(47)59(48)50-44(37-17-9-4-10-18-37)31-41(32-45(50)38-19-11-5-12-20-38)53-57-51(39-21-13-6-14-22-39)56-52(58-53)40-25-23-36(24-26-40)35-15-7-3-8-16-35/h3-4,6-11,13-34,51H,5,12H2,(H,56,57,58)/t51-/m1/s1. The summed E-state index contributed by atoms with van der Waals surface area (Å²) in [6.07, 6.45) is 8.34. The van der Waals surface area contributed by atoms with Gasteiger partial charge in [-0.1, -0.05) is 146 Å². The minimum Gasteiger partial charge on any atom is -0.344 e. The van der Waals surface area contributed by atoms with Crippen LogP contribution in [-0.2, 0) is 0 Å². The maximum atomic E-state index is 7.82. The number of aliphatic imine (C=N–C) groups is 2. The molecule has 0 fully saturated rings. The first-order chi connectivity index (χ1) is 29.1. The Labute approximate surface area is 343 Å². The number of benzene rings is 7. The molecule has 0 saturated carbocycles. The molecule has 10 rings (SSSR count). The largest absolute Gasteiger partial charge is 0.344 e. The molecule has 1 aliphatic heterocycles. The minimum absolute atomic E-state index is 0.366. The van der Waals surface area contributed by atoms with Gasteiger partial charge in [0, 0.05) is 22.3 Å². The predicted molar refractivity (Wildman–Crippen MR) is 242 cm³/mol. The van der Waals surface area contributed by atoms with Crippen molar-refractivity contribution in [2.45, 2.75) is 19.0 Å². The molecule has 1 aromatic heterocycles. The number of nitrogens with zero attached hydrogens (tertiary/aromatic N) is 5. The van der Waals surface area contributed by atoms with Gasteiger partial charge < -0.3 is 9.88 Å². The van der Waals surface area contributed by atoms with Crippen LogP contribution in [0.2, 0.25) is 0 Å². The third-order valence-corrected chi connectivity index (χ3v) is 11.1. The summed E-state index contributed by atoms with van der Waals surface area (Å²) in [4.78, 5) is 18.1. The predicted octanol–water partition coefficient (Wildman–Crippen LogP) is 13.4. The average Bonchev–Trinajstić information content (AvgIpc) is 3.64. The third-order valence-electron chi connectivity index (χ3n) is 11.1. The van der Waals surface area contributed by atoms with Crippen molar-refractivity contribution < 1.29 is 0 Å². The highest BCUT2D eigenvalue weighted by atomic mass is 15.2. The van der Waals surface area contributed by atoms with Gasteiger partial charge in [-0.05, 0) is 87.8 Å². The molecule has 1 atom stereocenters. The zero-order chi connectivity index (χ0) is 39.7. The second kappa shape index (κ2) is 15.1. The Kier molecular flexibility index (Phi) is 9.06. The molecule has 1 aliphatic carbocycles. The van der Waals surface area contributed by atoms with Crippen molar-refractivity contribution in [2.75, 3.05) is 0 Å². The van der Waals surface area contributed by atoms with E-state index < -0.39 is 0 Å². The molecule has 0 unspecified atom stereocenters. The highest BCUT2D eigenvalue weighted by Gasteiger charge is 2.26. The van der Waals surface area contributed by atoms with Crippen LogP contribution in [-0.4, -0.2) is 16.2 Å². The summed E-state index contributed by atoms with van der Waals surface area (Å²) in [7, 11) is 0. The fourth-order valence-corrected chi connectivity index (χ4v) is 8.24. The molecule has 0 radical (unpaired) electrons. The lowest BCUT2D eigenvalue weighted by atomic mass is 9.90. The molecule has 0 saturated heterocycles.